The van der Waals surface area contributed by atoms with Crippen molar-refractivity contribution < 1.29 is 4.74 Å². The Hall–Kier alpha value is -3.35. The van der Waals surface area contributed by atoms with Crippen molar-refractivity contribution in [2.24, 2.45) is 0 Å². The molecule has 1 saturated heterocycles. The molecule has 1 aliphatic rings. The lowest BCUT2D eigenvalue weighted by molar-refractivity contribution is 0.302. The minimum absolute atomic E-state index is 0.0597. The summed E-state index contributed by atoms with van der Waals surface area (Å²) in [6, 6.07) is 24.3. The van der Waals surface area contributed by atoms with E-state index in [1.807, 2.05) is 55.6 Å². The van der Waals surface area contributed by atoms with Gasteiger partial charge >= 0.3 is 0 Å². The van der Waals surface area contributed by atoms with E-state index in [1.165, 1.54) is 0 Å². The van der Waals surface area contributed by atoms with Crippen molar-refractivity contribution >= 4 is 28.9 Å². The van der Waals surface area contributed by atoms with E-state index >= 15 is 0 Å². The topological polar surface area (TPSA) is 42.3 Å². The molecule has 0 bridgehead atoms. The molecule has 34 heavy (non-hydrogen) atoms. The fourth-order valence-corrected chi connectivity index (χ4v) is 4.90. The van der Waals surface area contributed by atoms with Crippen molar-refractivity contribution in [2.75, 3.05) is 7.11 Å². The second-order valence-electron chi connectivity index (χ2n) is 8.34. The number of benzene rings is 2. The second kappa shape index (κ2) is 9.49. The molecule has 172 valence electrons. The van der Waals surface area contributed by atoms with Crippen molar-refractivity contribution in [2.45, 2.75) is 25.6 Å². The predicted molar refractivity (Wildman–Crippen MR) is 140 cm³/mol. The first-order valence-electron chi connectivity index (χ1n) is 11.1. The molecule has 0 amide bonds. The molecule has 3 heterocycles. The van der Waals surface area contributed by atoms with Crippen LogP contribution in [-0.2, 0) is 6.54 Å². The van der Waals surface area contributed by atoms with Crippen LogP contribution in [0.1, 0.15) is 34.6 Å². The Bertz CT molecular complexity index is 1310. The van der Waals surface area contributed by atoms with Crippen LogP contribution in [-0.4, -0.2) is 26.7 Å². The smallest absolute Gasteiger partial charge is 0.170 e. The molecule has 2 aromatic heterocycles. The van der Waals surface area contributed by atoms with Gasteiger partial charge in [0.25, 0.3) is 0 Å². The van der Waals surface area contributed by atoms with E-state index in [2.05, 4.69) is 56.3 Å². The van der Waals surface area contributed by atoms with Gasteiger partial charge in [-0.2, -0.15) is 0 Å². The van der Waals surface area contributed by atoms with Gasteiger partial charge in [0.1, 0.15) is 5.75 Å². The maximum Gasteiger partial charge on any atom is 0.170 e. The van der Waals surface area contributed by atoms with Crippen molar-refractivity contribution in [1.29, 1.82) is 0 Å². The van der Waals surface area contributed by atoms with E-state index in [9.17, 15) is 0 Å². The van der Waals surface area contributed by atoms with Crippen LogP contribution >= 0.6 is 23.8 Å². The number of methoxy groups -OCH3 is 1. The van der Waals surface area contributed by atoms with Crippen molar-refractivity contribution in [3.63, 3.8) is 0 Å². The summed E-state index contributed by atoms with van der Waals surface area (Å²) in [6.45, 7) is 2.68. The lowest BCUT2D eigenvalue weighted by atomic mass is 10.0. The number of halogens is 1. The third kappa shape index (κ3) is 4.27. The number of hydrogen-bond donors (Lipinski definition) is 1. The number of aromatic nitrogens is 2. The van der Waals surface area contributed by atoms with E-state index in [-0.39, 0.29) is 12.1 Å². The first kappa shape index (κ1) is 22.4. The van der Waals surface area contributed by atoms with Crippen LogP contribution in [0, 0.1) is 6.92 Å². The summed E-state index contributed by atoms with van der Waals surface area (Å²) in [7, 11) is 1.68. The lowest BCUT2D eigenvalue weighted by Crippen LogP contribution is -2.30. The van der Waals surface area contributed by atoms with Crippen molar-refractivity contribution in [1.82, 2.24) is 19.8 Å². The highest BCUT2D eigenvalue weighted by Gasteiger charge is 2.41. The molecule has 0 aliphatic carbocycles. The Balaban J connectivity index is 1.58. The van der Waals surface area contributed by atoms with Crippen LogP contribution < -0.4 is 10.1 Å². The van der Waals surface area contributed by atoms with Crippen LogP contribution in [0.2, 0.25) is 5.02 Å². The molecule has 0 saturated carbocycles. The molecule has 1 N–H and O–H groups in total. The fourth-order valence-electron chi connectivity index (χ4n) is 4.47. The maximum atomic E-state index is 6.30. The molecule has 4 aromatic rings. The van der Waals surface area contributed by atoms with Gasteiger partial charge in [-0.1, -0.05) is 29.8 Å². The van der Waals surface area contributed by atoms with Gasteiger partial charge in [-0.15, -0.1) is 0 Å². The largest absolute Gasteiger partial charge is 0.497 e. The molecular formula is C27H25ClN4OS. The van der Waals surface area contributed by atoms with Gasteiger partial charge in [-0.25, -0.2) is 0 Å². The number of ether oxygens (including phenoxy) is 1. The second-order valence-corrected chi connectivity index (χ2v) is 9.13. The molecule has 0 unspecified atom stereocenters. The van der Waals surface area contributed by atoms with E-state index in [1.54, 1.807) is 7.11 Å². The predicted octanol–water partition coefficient (Wildman–Crippen LogP) is 6.02. The van der Waals surface area contributed by atoms with Gasteiger partial charge < -0.3 is 19.5 Å². The lowest BCUT2D eigenvalue weighted by Gasteiger charge is -2.29. The molecule has 5 rings (SSSR count). The zero-order valence-electron chi connectivity index (χ0n) is 19.0. The Kier molecular flexibility index (Phi) is 6.26. The highest BCUT2D eigenvalue weighted by molar-refractivity contribution is 7.80. The number of rotatable bonds is 6. The Morgan fingerprint density at radius 1 is 1.06 bits per heavy atom. The molecule has 5 nitrogen and oxygen atoms in total. The SMILES string of the molecule is COc1ccc(CN2C(=S)N[C@@H](c3ccccn3)[C@@H]2c2cccn2-c2ccc(Cl)c(C)c2)cc1. The third-order valence-corrected chi connectivity index (χ3v) is 6.99. The van der Waals surface area contributed by atoms with Crippen LogP contribution in [0.5, 0.6) is 5.75 Å². The molecule has 2 atom stereocenters. The van der Waals surface area contributed by atoms with E-state index in [0.29, 0.717) is 11.7 Å². The van der Waals surface area contributed by atoms with Crippen LogP contribution in [0.15, 0.2) is 85.2 Å². The van der Waals surface area contributed by atoms with Gasteiger partial charge in [0.2, 0.25) is 0 Å². The standard InChI is InChI=1S/C27H25ClN4OS/c1-18-16-20(10-13-22(18)28)31-15-5-7-24(31)26-25(23-6-3-4-14-29-23)30-27(34)32(26)17-19-8-11-21(33-2)12-9-19/h3-16,25-26H,17H2,1-2H3,(H,30,34)/t25-,26-/m0/s1. The van der Waals surface area contributed by atoms with E-state index < -0.39 is 0 Å². The summed E-state index contributed by atoms with van der Waals surface area (Å²) >= 11 is 12.2. The fraction of sp³-hybridized carbons (Fsp3) is 0.185. The highest BCUT2D eigenvalue weighted by atomic mass is 35.5. The number of hydrogen-bond acceptors (Lipinski definition) is 3. The quantitative estimate of drug-likeness (QED) is 0.336. The number of aryl methyl sites for hydroxylation is 1. The maximum absolute atomic E-state index is 6.30. The number of thiocarbonyl (C=S) groups is 1. The van der Waals surface area contributed by atoms with Crippen LogP contribution in [0.4, 0.5) is 0 Å². The monoisotopic (exact) mass is 488 g/mol. The van der Waals surface area contributed by atoms with Crippen molar-refractivity contribution in [3.05, 3.63) is 113 Å². The molecule has 2 aromatic carbocycles. The molecule has 7 heteroatoms. The van der Waals surface area contributed by atoms with Gasteiger partial charge in [0.15, 0.2) is 5.11 Å². The zero-order valence-corrected chi connectivity index (χ0v) is 20.6. The van der Waals surface area contributed by atoms with Gasteiger partial charge in [-0.3, -0.25) is 4.98 Å². The average Bonchev–Trinajstić information content (AvgIpc) is 3.46. The third-order valence-electron chi connectivity index (χ3n) is 6.21. The highest BCUT2D eigenvalue weighted by Crippen LogP contribution is 2.40. The van der Waals surface area contributed by atoms with Gasteiger partial charge in [-0.05, 0) is 84.9 Å². The zero-order chi connectivity index (χ0) is 23.7. The van der Waals surface area contributed by atoms with Crippen LogP contribution in [0.25, 0.3) is 5.69 Å². The molecule has 0 spiro atoms. The summed E-state index contributed by atoms with van der Waals surface area (Å²) in [5.41, 5.74) is 5.32. The van der Waals surface area contributed by atoms with E-state index in [4.69, 9.17) is 28.6 Å². The molecular weight excluding hydrogens is 464 g/mol. The normalized spacial score (nSPS) is 17.6. The van der Waals surface area contributed by atoms with Gasteiger partial charge in [0, 0.05) is 35.3 Å². The molecule has 1 aliphatic heterocycles. The average molecular weight is 489 g/mol. The van der Waals surface area contributed by atoms with E-state index in [0.717, 1.165) is 39.0 Å². The number of nitrogens with zero attached hydrogens (tertiary/aromatic N) is 3. The Morgan fingerprint density at radius 2 is 1.88 bits per heavy atom. The summed E-state index contributed by atoms with van der Waals surface area (Å²) in [5.74, 6) is 0.834. The summed E-state index contributed by atoms with van der Waals surface area (Å²) in [5, 5.41) is 5.00. The first-order valence-corrected chi connectivity index (χ1v) is 11.9. The van der Waals surface area contributed by atoms with Crippen LogP contribution in [0.3, 0.4) is 0 Å². The number of pyridine rings is 1. The minimum atomic E-state index is -0.0889. The molecule has 1 fully saturated rings. The first-order chi connectivity index (χ1) is 16.5. The Morgan fingerprint density at radius 3 is 2.59 bits per heavy atom. The molecule has 0 radical (unpaired) electrons. The summed E-state index contributed by atoms with van der Waals surface area (Å²) in [4.78, 5) is 6.90. The Labute approximate surface area is 210 Å². The van der Waals surface area contributed by atoms with Crippen molar-refractivity contribution in [3.8, 4) is 11.4 Å². The van der Waals surface area contributed by atoms with Gasteiger partial charge in [0.05, 0.1) is 24.9 Å². The number of nitrogens with one attached hydrogen (secondary N) is 1. The minimum Gasteiger partial charge on any atom is -0.497 e. The summed E-state index contributed by atoms with van der Waals surface area (Å²) < 4.78 is 7.53. The summed E-state index contributed by atoms with van der Waals surface area (Å²) in [6.07, 6.45) is 3.91.